The normalized spacial score (nSPS) is 14.5. The Hall–Kier alpha value is -2.06. The predicted octanol–water partition coefficient (Wildman–Crippen LogP) is 1.50. The summed E-state index contributed by atoms with van der Waals surface area (Å²) in [5.74, 6) is 0.961. The molecule has 0 saturated heterocycles. The lowest BCUT2D eigenvalue weighted by atomic mass is 9.86. The Morgan fingerprint density at radius 2 is 1.86 bits per heavy atom. The summed E-state index contributed by atoms with van der Waals surface area (Å²) in [4.78, 5) is 23.4. The van der Waals surface area contributed by atoms with Gasteiger partial charge in [0.05, 0.1) is 6.10 Å². The van der Waals surface area contributed by atoms with Gasteiger partial charge < -0.3 is 15.7 Å². The molecule has 2 amide bonds. The Bertz CT molecular complexity index is 467. The van der Waals surface area contributed by atoms with Crippen LogP contribution in [0.3, 0.4) is 0 Å². The highest BCUT2D eigenvalue weighted by atomic mass is 16.3. The molecule has 0 rings (SSSR count). The average molecular weight is 306 g/mol. The van der Waals surface area contributed by atoms with E-state index in [0.717, 1.165) is 0 Å². The summed E-state index contributed by atoms with van der Waals surface area (Å²) in [5, 5.41) is 14.7. The average Bonchev–Trinajstić information content (AvgIpc) is 2.45. The standard InChI is InChI=1S/C17H26N2O3/c1-6-8-10-13(20)11-9-12-18-16(22)15(17(3,4)5)19-14(21)7-2/h2,6,8-9,12-13,15,20H,10-11H2,1,3-5H3,(H,18,22)(H,19,21)/b8-6-,12-9-/t13-,15?/m0/s1. The Kier molecular flexibility index (Phi) is 8.88. The third-order valence-electron chi connectivity index (χ3n) is 2.93. The molecule has 2 atom stereocenters. The van der Waals surface area contributed by atoms with Gasteiger partial charge in [0.25, 0.3) is 5.91 Å². The number of rotatable bonds is 7. The lowest BCUT2D eigenvalue weighted by Gasteiger charge is -2.29. The fourth-order valence-corrected chi connectivity index (χ4v) is 1.69. The fourth-order valence-electron chi connectivity index (χ4n) is 1.69. The molecular weight excluding hydrogens is 280 g/mol. The van der Waals surface area contributed by atoms with E-state index in [0.29, 0.717) is 12.8 Å². The maximum Gasteiger partial charge on any atom is 0.296 e. The molecule has 5 nitrogen and oxygen atoms in total. The van der Waals surface area contributed by atoms with Gasteiger partial charge >= 0.3 is 0 Å². The number of hydrogen-bond acceptors (Lipinski definition) is 3. The molecule has 122 valence electrons. The van der Waals surface area contributed by atoms with Crippen LogP contribution in [0.1, 0.15) is 40.5 Å². The molecule has 0 saturated carbocycles. The number of aliphatic hydroxyl groups excluding tert-OH is 1. The van der Waals surface area contributed by atoms with E-state index in [1.807, 2.05) is 45.8 Å². The first-order valence-electron chi connectivity index (χ1n) is 7.24. The van der Waals surface area contributed by atoms with Crippen molar-refractivity contribution in [1.82, 2.24) is 10.6 Å². The molecule has 0 aromatic rings. The lowest BCUT2D eigenvalue weighted by molar-refractivity contribution is -0.128. The van der Waals surface area contributed by atoms with Crippen LogP contribution < -0.4 is 10.6 Å². The van der Waals surface area contributed by atoms with E-state index in [2.05, 4.69) is 10.6 Å². The highest BCUT2D eigenvalue weighted by Crippen LogP contribution is 2.19. The van der Waals surface area contributed by atoms with Crippen LogP contribution >= 0.6 is 0 Å². The molecular formula is C17H26N2O3. The van der Waals surface area contributed by atoms with Crippen molar-refractivity contribution < 1.29 is 14.7 Å². The molecule has 0 radical (unpaired) electrons. The Morgan fingerprint density at radius 3 is 2.36 bits per heavy atom. The van der Waals surface area contributed by atoms with Gasteiger partial charge in [0.1, 0.15) is 6.04 Å². The minimum absolute atomic E-state index is 0.352. The van der Waals surface area contributed by atoms with Crippen molar-refractivity contribution in [1.29, 1.82) is 0 Å². The molecule has 3 N–H and O–H groups in total. The maximum absolute atomic E-state index is 12.1. The highest BCUT2D eigenvalue weighted by molar-refractivity contribution is 5.97. The molecule has 0 aliphatic rings. The zero-order chi connectivity index (χ0) is 17.2. The van der Waals surface area contributed by atoms with Gasteiger partial charge in [-0.3, -0.25) is 9.59 Å². The van der Waals surface area contributed by atoms with Crippen molar-refractivity contribution >= 4 is 11.8 Å². The van der Waals surface area contributed by atoms with Gasteiger partial charge in [-0.2, -0.15) is 0 Å². The second kappa shape index (κ2) is 9.80. The van der Waals surface area contributed by atoms with Crippen LogP contribution in [0.15, 0.2) is 24.4 Å². The number of allylic oxidation sites excluding steroid dienone is 1. The summed E-state index contributed by atoms with van der Waals surface area (Å²) in [6, 6.07) is -0.742. The Morgan fingerprint density at radius 1 is 1.27 bits per heavy atom. The first-order valence-corrected chi connectivity index (χ1v) is 7.24. The quantitative estimate of drug-likeness (QED) is 0.493. The van der Waals surface area contributed by atoms with Crippen molar-refractivity contribution in [3.63, 3.8) is 0 Å². The Labute approximate surface area is 132 Å². The molecule has 0 spiro atoms. The Balaban J connectivity index is 4.52. The van der Waals surface area contributed by atoms with Gasteiger partial charge in [0.2, 0.25) is 5.91 Å². The van der Waals surface area contributed by atoms with Crippen LogP contribution in [0.4, 0.5) is 0 Å². The van der Waals surface area contributed by atoms with Crippen LogP contribution in [0.25, 0.3) is 0 Å². The summed E-state index contributed by atoms with van der Waals surface area (Å²) in [5.41, 5.74) is -0.476. The maximum atomic E-state index is 12.1. The molecule has 5 heteroatoms. The van der Waals surface area contributed by atoms with Gasteiger partial charge in [-0.25, -0.2) is 0 Å². The van der Waals surface area contributed by atoms with E-state index >= 15 is 0 Å². The van der Waals surface area contributed by atoms with E-state index in [1.54, 1.807) is 6.08 Å². The van der Waals surface area contributed by atoms with Crippen molar-refractivity contribution in [2.45, 2.75) is 52.7 Å². The third-order valence-corrected chi connectivity index (χ3v) is 2.93. The largest absolute Gasteiger partial charge is 0.392 e. The SMILES string of the molecule is C#CC(=O)NC(C(=O)N/C=C\C[C@@H](O)C/C=C\C)C(C)(C)C. The molecule has 1 unspecified atom stereocenters. The first kappa shape index (κ1) is 19.9. The van der Waals surface area contributed by atoms with Crippen LogP contribution in [0.2, 0.25) is 0 Å². The molecule has 0 bridgehead atoms. The third kappa shape index (κ3) is 8.28. The number of terminal acetylenes is 1. The summed E-state index contributed by atoms with van der Waals surface area (Å²) in [6.45, 7) is 7.38. The summed E-state index contributed by atoms with van der Waals surface area (Å²) in [7, 11) is 0. The van der Waals surface area contributed by atoms with E-state index in [9.17, 15) is 14.7 Å². The molecule has 22 heavy (non-hydrogen) atoms. The van der Waals surface area contributed by atoms with Gasteiger partial charge in [-0.1, -0.05) is 39.0 Å². The van der Waals surface area contributed by atoms with E-state index in [1.165, 1.54) is 6.20 Å². The van der Waals surface area contributed by atoms with Crippen LogP contribution in [0.5, 0.6) is 0 Å². The molecule has 0 aromatic carbocycles. The predicted molar refractivity (Wildman–Crippen MR) is 87.6 cm³/mol. The van der Waals surface area contributed by atoms with Crippen LogP contribution in [0, 0.1) is 17.8 Å². The number of aliphatic hydroxyl groups is 1. The molecule has 0 aliphatic carbocycles. The molecule has 0 fully saturated rings. The number of amides is 2. The minimum Gasteiger partial charge on any atom is -0.392 e. The summed E-state index contributed by atoms with van der Waals surface area (Å²) >= 11 is 0. The van der Waals surface area contributed by atoms with Crippen molar-refractivity contribution in [2.75, 3.05) is 0 Å². The number of carbonyl (C=O) groups is 2. The lowest BCUT2D eigenvalue weighted by Crippen LogP contribution is -2.52. The fraction of sp³-hybridized carbons (Fsp3) is 0.529. The van der Waals surface area contributed by atoms with Crippen LogP contribution in [-0.4, -0.2) is 29.1 Å². The van der Waals surface area contributed by atoms with Gasteiger partial charge in [-0.05, 0) is 37.3 Å². The molecule has 0 aromatic heterocycles. The van der Waals surface area contributed by atoms with Crippen molar-refractivity contribution in [3.05, 3.63) is 24.4 Å². The second-order valence-corrected chi connectivity index (χ2v) is 6.02. The number of hydrogen-bond donors (Lipinski definition) is 3. The number of carbonyl (C=O) groups excluding carboxylic acids is 2. The van der Waals surface area contributed by atoms with E-state index in [4.69, 9.17) is 6.42 Å². The monoisotopic (exact) mass is 306 g/mol. The van der Waals surface area contributed by atoms with E-state index in [-0.39, 0.29) is 5.91 Å². The second-order valence-electron chi connectivity index (χ2n) is 6.02. The van der Waals surface area contributed by atoms with Crippen molar-refractivity contribution in [3.8, 4) is 12.3 Å². The summed E-state index contributed by atoms with van der Waals surface area (Å²) in [6.07, 6.45) is 12.4. The van der Waals surface area contributed by atoms with Crippen LogP contribution in [-0.2, 0) is 9.59 Å². The van der Waals surface area contributed by atoms with Gasteiger partial charge in [0, 0.05) is 0 Å². The minimum atomic E-state index is -0.742. The zero-order valence-electron chi connectivity index (χ0n) is 13.7. The van der Waals surface area contributed by atoms with Gasteiger partial charge in [0.15, 0.2) is 0 Å². The number of nitrogens with one attached hydrogen (secondary N) is 2. The smallest absolute Gasteiger partial charge is 0.296 e. The molecule has 0 aliphatic heterocycles. The van der Waals surface area contributed by atoms with E-state index < -0.39 is 23.5 Å². The zero-order valence-corrected chi connectivity index (χ0v) is 13.7. The summed E-state index contributed by atoms with van der Waals surface area (Å²) < 4.78 is 0. The molecule has 0 heterocycles. The van der Waals surface area contributed by atoms with Crippen molar-refractivity contribution in [2.24, 2.45) is 5.41 Å². The van der Waals surface area contributed by atoms with Gasteiger partial charge in [-0.15, -0.1) is 6.42 Å². The topological polar surface area (TPSA) is 78.4 Å². The first-order chi connectivity index (χ1) is 10.2. The highest BCUT2D eigenvalue weighted by Gasteiger charge is 2.31.